The van der Waals surface area contributed by atoms with Crippen molar-refractivity contribution >= 4 is 17.8 Å². The third kappa shape index (κ3) is 3.11. The quantitative estimate of drug-likeness (QED) is 0.900. The molecule has 1 aliphatic heterocycles. The van der Waals surface area contributed by atoms with Gasteiger partial charge in [-0.15, -0.1) is 0 Å². The predicted molar refractivity (Wildman–Crippen MR) is 85.6 cm³/mol. The van der Waals surface area contributed by atoms with Gasteiger partial charge in [-0.3, -0.25) is 9.59 Å². The number of hydrogen-bond acceptors (Lipinski definition) is 4. The van der Waals surface area contributed by atoms with Crippen molar-refractivity contribution < 1.29 is 19.5 Å². The Hall–Kier alpha value is -2.44. The van der Waals surface area contributed by atoms with Gasteiger partial charge in [-0.05, 0) is 38.8 Å². The molecule has 1 aromatic heterocycles. The van der Waals surface area contributed by atoms with Gasteiger partial charge in [0.25, 0.3) is 5.91 Å². The number of carboxylic acids is 1. The van der Waals surface area contributed by atoms with Crippen molar-refractivity contribution in [2.45, 2.75) is 32.2 Å². The number of aromatic nitrogens is 1. The van der Waals surface area contributed by atoms with Crippen LogP contribution in [0.4, 0.5) is 0 Å². The van der Waals surface area contributed by atoms with Crippen LogP contribution in [0.3, 0.4) is 0 Å². The van der Waals surface area contributed by atoms with E-state index in [0.29, 0.717) is 25.2 Å². The highest BCUT2D eigenvalue weighted by atomic mass is 16.4. The molecule has 2 fully saturated rings. The Morgan fingerprint density at radius 1 is 1.21 bits per heavy atom. The second kappa shape index (κ2) is 5.89. The molecule has 1 saturated heterocycles. The van der Waals surface area contributed by atoms with Crippen LogP contribution in [0.5, 0.6) is 0 Å². The first-order chi connectivity index (χ1) is 11.3. The Kier molecular flexibility index (Phi) is 4.03. The standard InChI is InChI=1S/C17H21N3O4/c1-17(2)10-19(14(21)11-3-4-11)7-8-20(17)15(22)12-5-6-13(16(23)24)18-9-12/h5-6,9,11H,3-4,7-8,10H2,1-2H3,(H,23,24). The van der Waals surface area contributed by atoms with Gasteiger partial charge < -0.3 is 14.9 Å². The summed E-state index contributed by atoms with van der Waals surface area (Å²) >= 11 is 0. The van der Waals surface area contributed by atoms with Crippen molar-refractivity contribution in [3.8, 4) is 0 Å². The molecule has 1 aliphatic carbocycles. The normalized spacial score (nSPS) is 19.9. The zero-order valence-corrected chi connectivity index (χ0v) is 13.9. The van der Waals surface area contributed by atoms with Crippen molar-refractivity contribution in [2.24, 2.45) is 5.92 Å². The van der Waals surface area contributed by atoms with Crippen LogP contribution in [0.1, 0.15) is 47.5 Å². The lowest BCUT2D eigenvalue weighted by atomic mass is 9.97. The third-order valence-corrected chi connectivity index (χ3v) is 4.61. The lowest BCUT2D eigenvalue weighted by Gasteiger charge is -2.47. The smallest absolute Gasteiger partial charge is 0.354 e. The largest absolute Gasteiger partial charge is 0.477 e. The molecule has 7 heteroatoms. The zero-order chi connectivity index (χ0) is 17.5. The Balaban J connectivity index is 1.73. The van der Waals surface area contributed by atoms with Gasteiger partial charge in [-0.25, -0.2) is 9.78 Å². The Morgan fingerprint density at radius 3 is 2.42 bits per heavy atom. The zero-order valence-electron chi connectivity index (χ0n) is 13.9. The van der Waals surface area contributed by atoms with Crippen molar-refractivity contribution in [2.75, 3.05) is 19.6 Å². The number of amides is 2. The number of carbonyl (C=O) groups is 3. The molecule has 1 N–H and O–H groups in total. The van der Waals surface area contributed by atoms with Crippen LogP contribution >= 0.6 is 0 Å². The summed E-state index contributed by atoms with van der Waals surface area (Å²) in [5.74, 6) is -0.942. The van der Waals surface area contributed by atoms with Crippen LogP contribution in [0.2, 0.25) is 0 Å². The summed E-state index contributed by atoms with van der Waals surface area (Å²) in [7, 11) is 0. The van der Waals surface area contributed by atoms with Crippen molar-refractivity contribution in [1.82, 2.24) is 14.8 Å². The molecule has 0 unspecified atom stereocenters. The average molecular weight is 331 g/mol. The Morgan fingerprint density at radius 2 is 1.92 bits per heavy atom. The number of nitrogens with zero attached hydrogens (tertiary/aromatic N) is 3. The maximum atomic E-state index is 12.8. The molecule has 2 heterocycles. The van der Waals surface area contributed by atoms with Gasteiger partial charge in [0.2, 0.25) is 5.91 Å². The first-order valence-corrected chi connectivity index (χ1v) is 8.10. The Bertz CT molecular complexity index is 680. The second-order valence-corrected chi connectivity index (χ2v) is 7.04. The van der Waals surface area contributed by atoms with Gasteiger partial charge in [0, 0.05) is 31.7 Å². The van der Waals surface area contributed by atoms with E-state index in [2.05, 4.69) is 4.98 Å². The molecule has 3 rings (SSSR count). The highest BCUT2D eigenvalue weighted by Gasteiger charge is 2.42. The van der Waals surface area contributed by atoms with Gasteiger partial charge in [0.05, 0.1) is 11.1 Å². The van der Waals surface area contributed by atoms with Gasteiger partial charge >= 0.3 is 5.97 Å². The first-order valence-electron chi connectivity index (χ1n) is 8.10. The molecule has 0 bridgehead atoms. The molecule has 2 aliphatic rings. The molecule has 0 spiro atoms. The minimum absolute atomic E-state index is 0.0920. The number of aromatic carboxylic acids is 1. The first kappa shape index (κ1) is 16.4. The maximum Gasteiger partial charge on any atom is 0.354 e. The minimum atomic E-state index is -1.12. The molecule has 1 saturated carbocycles. The molecule has 1 aromatic rings. The molecule has 0 atom stereocenters. The van der Waals surface area contributed by atoms with E-state index in [9.17, 15) is 14.4 Å². The van der Waals surface area contributed by atoms with Crippen molar-refractivity contribution in [1.29, 1.82) is 0 Å². The van der Waals surface area contributed by atoms with E-state index in [1.54, 1.807) is 4.90 Å². The Labute approximate surface area is 140 Å². The summed E-state index contributed by atoms with van der Waals surface area (Å²) in [5, 5.41) is 8.88. The lowest BCUT2D eigenvalue weighted by molar-refractivity contribution is -0.136. The van der Waals surface area contributed by atoms with Crippen LogP contribution in [0.15, 0.2) is 18.3 Å². The molecule has 7 nitrogen and oxygen atoms in total. The van der Waals surface area contributed by atoms with Crippen molar-refractivity contribution in [3.63, 3.8) is 0 Å². The molecular formula is C17H21N3O4. The predicted octanol–water partition coefficient (Wildman–Crippen LogP) is 1.25. The van der Waals surface area contributed by atoms with Gasteiger partial charge in [-0.2, -0.15) is 0 Å². The van der Waals surface area contributed by atoms with Gasteiger partial charge in [0.1, 0.15) is 5.69 Å². The topological polar surface area (TPSA) is 90.8 Å². The van der Waals surface area contributed by atoms with E-state index in [0.717, 1.165) is 12.8 Å². The third-order valence-electron chi connectivity index (χ3n) is 4.61. The molecule has 0 aromatic carbocycles. The molecular weight excluding hydrogens is 310 g/mol. The molecule has 0 radical (unpaired) electrons. The number of hydrogen-bond donors (Lipinski definition) is 1. The number of piperazine rings is 1. The van der Waals surface area contributed by atoms with E-state index in [-0.39, 0.29) is 23.4 Å². The fourth-order valence-electron chi connectivity index (χ4n) is 3.11. The van der Waals surface area contributed by atoms with E-state index in [1.807, 2.05) is 18.7 Å². The summed E-state index contributed by atoms with van der Waals surface area (Å²) < 4.78 is 0. The highest BCUT2D eigenvalue weighted by molar-refractivity contribution is 5.95. The van der Waals surface area contributed by atoms with Crippen molar-refractivity contribution in [3.05, 3.63) is 29.6 Å². The highest BCUT2D eigenvalue weighted by Crippen LogP contribution is 2.33. The summed E-state index contributed by atoms with van der Waals surface area (Å²) in [4.78, 5) is 43.3. The van der Waals surface area contributed by atoms with Crippen LogP contribution in [0.25, 0.3) is 0 Å². The summed E-state index contributed by atoms with van der Waals surface area (Å²) in [5.41, 5.74) is -0.216. The summed E-state index contributed by atoms with van der Waals surface area (Å²) in [6, 6.07) is 2.81. The van der Waals surface area contributed by atoms with Crippen LogP contribution in [-0.4, -0.2) is 62.8 Å². The van der Waals surface area contributed by atoms with E-state index in [4.69, 9.17) is 5.11 Å². The lowest BCUT2D eigenvalue weighted by Crippen LogP contribution is -2.62. The number of carboxylic acid groups (broad SMARTS) is 1. The number of pyridine rings is 1. The fourth-order valence-corrected chi connectivity index (χ4v) is 3.11. The fraction of sp³-hybridized carbons (Fsp3) is 0.529. The SMILES string of the molecule is CC1(C)CN(C(=O)C2CC2)CCN1C(=O)c1ccc(C(=O)O)nc1. The van der Waals surface area contributed by atoms with Gasteiger partial charge in [0.15, 0.2) is 0 Å². The molecule has 24 heavy (non-hydrogen) atoms. The summed E-state index contributed by atoms with van der Waals surface area (Å²) in [6.45, 7) is 5.39. The van der Waals surface area contributed by atoms with E-state index >= 15 is 0 Å². The van der Waals surface area contributed by atoms with Gasteiger partial charge in [-0.1, -0.05) is 0 Å². The number of carbonyl (C=O) groups excluding carboxylic acids is 2. The average Bonchev–Trinajstić information content (AvgIpc) is 3.37. The second-order valence-electron chi connectivity index (χ2n) is 7.04. The van der Waals surface area contributed by atoms with Crippen LogP contribution in [0, 0.1) is 5.92 Å². The van der Waals surface area contributed by atoms with Crippen LogP contribution < -0.4 is 0 Å². The maximum absolute atomic E-state index is 12.8. The van der Waals surface area contributed by atoms with Crippen LogP contribution in [-0.2, 0) is 4.79 Å². The minimum Gasteiger partial charge on any atom is -0.477 e. The molecule has 128 valence electrons. The monoisotopic (exact) mass is 331 g/mol. The molecule has 2 amide bonds. The van der Waals surface area contributed by atoms with E-state index in [1.165, 1.54) is 18.3 Å². The van der Waals surface area contributed by atoms with E-state index < -0.39 is 11.5 Å². The number of rotatable bonds is 3. The summed E-state index contributed by atoms with van der Waals surface area (Å²) in [6.07, 6.45) is 3.24.